The molecule has 0 spiro atoms. The van der Waals surface area contributed by atoms with Gasteiger partial charge in [0.25, 0.3) is 5.91 Å². The Labute approximate surface area is 161 Å². The van der Waals surface area contributed by atoms with Gasteiger partial charge in [0.05, 0.1) is 10.4 Å². The minimum atomic E-state index is -0.174. The molecular formula is C20H21NO3S2. The minimum absolute atomic E-state index is 0.0329. The van der Waals surface area contributed by atoms with Crippen molar-refractivity contribution >= 4 is 40.6 Å². The van der Waals surface area contributed by atoms with Crippen LogP contribution in [0.1, 0.15) is 50.2 Å². The molecule has 4 nitrogen and oxygen atoms in total. The van der Waals surface area contributed by atoms with Gasteiger partial charge in [-0.25, -0.2) is 0 Å². The lowest BCUT2D eigenvalue weighted by Crippen LogP contribution is -2.42. The van der Waals surface area contributed by atoms with Crippen molar-refractivity contribution in [3.8, 4) is 0 Å². The van der Waals surface area contributed by atoms with E-state index in [9.17, 15) is 14.4 Å². The average Bonchev–Trinajstić information content (AvgIpc) is 3.17. The maximum atomic E-state index is 13.0. The van der Waals surface area contributed by atoms with Gasteiger partial charge in [0, 0.05) is 34.8 Å². The fourth-order valence-corrected chi connectivity index (χ4v) is 4.65. The molecule has 26 heavy (non-hydrogen) atoms. The van der Waals surface area contributed by atoms with Gasteiger partial charge in [0.2, 0.25) is 0 Å². The molecule has 1 fully saturated rings. The molecule has 1 amide bonds. The van der Waals surface area contributed by atoms with Gasteiger partial charge in [-0.05, 0) is 38.2 Å². The van der Waals surface area contributed by atoms with Crippen LogP contribution in [0.3, 0.4) is 0 Å². The molecule has 0 N–H and O–H groups in total. The van der Waals surface area contributed by atoms with E-state index in [2.05, 4.69) is 0 Å². The number of benzene rings is 1. The van der Waals surface area contributed by atoms with Gasteiger partial charge in [-0.2, -0.15) is 0 Å². The highest BCUT2D eigenvalue weighted by molar-refractivity contribution is 7.98. The van der Waals surface area contributed by atoms with Crippen LogP contribution in [0.5, 0.6) is 0 Å². The summed E-state index contributed by atoms with van der Waals surface area (Å²) in [7, 11) is 0. The Hall–Kier alpha value is -1.92. The molecule has 0 radical (unpaired) electrons. The second-order valence-corrected chi connectivity index (χ2v) is 8.17. The van der Waals surface area contributed by atoms with Gasteiger partial charge < -0.3 is 4.90 Å². The molecule has 2 aromatic rings. The average molecular weight is 388 g/mol. The molecule has 1 unspecified atom stereocenters. The predicted molar refractivity (Wildman–Crippen MR) is 106 cm³/mol. The van der Waals surface area contributed by atoms with E-state index < -0.39 is 0 Å². The zero-order valence-corrected chi connectivity index (χ0v) is 16.5. The molecule has 1 aromatic heterocycles. The highest BCUT2D eigenvalue weighted by Crippen LogP contribution is 2.28. The first-order valence-corrected chi connectivity index (χ1v) is 10.7. The van der Waals surface area contributed by atoms with Crippen LogP contribution in [0.25, 0.3) is 0 Å². The van der Waals surface area contributed by atoms with Crippen molar-refractivity contribution in [2.45, 2.75) is 24.7 Å². The van der Waals surface area contributed by atoms with Crippen molar-refractivity contribution in [3.05, 3.63) is 51.7 Å². The Morgan fingerprint density at radius 2 is 2.00 bits per heavy atom. The lowest BCUT2D eigenvalue weighted by Gasteiger charge is -2.32. The molecular weight excluding hydrogens is 366 g/mol. The molecule has 3 rings (SSSR count). The number of carbonyl (C=O) groups is 3. The summed E-state index contributed by atoms with van der Waals surface area (Å²) in [5, 5.41) is 1.73. The summed E-state index contributed by atoms with van der Waals surface area (Å²) in [5.74, 6) is -0.187. The standard InChI is InChI=1S/C20H21NO3S2/c1-13(22)18-10-15(12-26-18)20(24)21-9-5-6-14(11-21)19(23)16-7-3-4-8-17(16)25-2/h3-4,7-8,10,12,14H,5-6,9,11H2,1-2H3. The first-order chi connectivity index (χ1) is 12.5. The van der Waals surface area contributed by atoms with Crippen molar-refractivity contribution in [2.24, 2.45) is 5.92 Å². The number of rotatable bonds is 5. The Morgan fingerprint density at radius 1 is 1.23 bits per heavy atom. The minimum Gasteiger partial charge on any atom is -0.338 e. The monoisotopic (exact) mass is 387 g/mol. The van der Waals surface area contributed by atoms with E-state index in [-0.39, 0.29) is 23.4 Å². The zero-order chi connectivity index (χ0) is 18.7. The number of hydrogen-bond donors (Lipinski definition) is 0. The first kappa shape index (κ1) is 18.9. The highest BCUT2D eigenvalue weighted by atomic mass is 32.2. The molecule has 136 valence electrons. The number of Topliss-reactive ketones (excluding diaryl/α,β-unsaturated/α-hetero) is 2. The van der Waals surface area contributed by atoms with Crippen LogP contribution in [-0.2, 0) is 0 Å². The largest absolute Gasteiger partial charge is 0.338 e. The van der Waals surface area contributed by atoms with Crippen LogP contribution in [0.15, 0.2) is 40.6 Å². The molecule has 0 saturated carbocycles. The summed E-state index contributed by atoms with van der Waals surface area (Å²) in [6.45, 7) is 2.59. The van der Waals surface area contributed by atoms with E-state index >= 15 is 0 Å². The van der Waals surface area contributed by atoms with Crippen LogP contribution in [0.2, 0.25) is 0 Å². The number of piperidine rings is 1. The van der Waals surface area contributed by atoms with Gasteiger partial charge in [-0.1, -0.05) is 18.2 Å². The Morgan fingerprint density at radius 3 is 2.69 bits per heavy atom. The fourth-order valence-electron chi connectivity index (χ4n) is 3.26. The summed E-state index contributed by atoms with van der Waals surface area (Å²) >= 11 is 2.86. The van der Waals surface area contributed by atoms with Gasteiger partial charge in [-0.15, -0.1) is 23.1 Å². The van der Waals surface area contributed by atoms with Crippen LogP contribution in [0, 0.1) is 5.92 Å². The normalized spacial score (nSPS) is 17.2. The third-order valence-corrected chi connectivity index (χ3v) is 6.47. The Bertz CT molecular complexity index is 843. The number of nitrogens with zero attached hydrogens (tertiary/aromatic N) is 1. The molecule has 1 aliphatic rings. The molecule has 0 bridgehead atoms. The van der Waals surface area contributed by atoms with Crippen LogP contribution >= 0.6 is 23.1 Å². The Kier molecular flexibility index (Phi) is 5.94. The van der Waals surface area contributed by atoms with Gasteiger partial charge in [-0.3, -0.25) is 14.4 Å². The number of likely N-dealkylation sites (tertiary alicyclic amines) is 1. The van der Waals surface area contributed by atoms with Crippen LogP contribution in [0.4, 0.5) is 0 Å². The number of ketones is 2. The molecule has 1 aromatic carbocycles. The topological polar surface area (TPSA) is 54.5 Å². The summed E-state index contributed by atoms with van der Waals surface area (Å²) in [6, 6.07) is 9.30. The van der Waals surface area contributed by atoms with Crippen molar-refractivity contribution in [2.75, 3.05) is 19.3 Å². The molecule has 1 atom stereocenters. The van der Waals surface area contributed by atoms with Gasteiger partial charge >= 0.3 is 0 Å². The fraction of sp³-hybridized carbons (Fsp3) is 0.350. The van der Waals surface area contributed by atoms with E-state index in [4.69, 9.17) is 0 Å². The third-order valence-electron chi connectivity index (χ3n) is 4.65. The summed E-state index contributed by atoms with van der Waals surface area (Å²) in [5.41, 5.74) is 1.28. The zero-order valence-electron chi connectivity index (χ0n) is 14.9. The second-order valence-electron chi connectivity index (χ2n) is 6.41. The number of hydrogen-bond acceptors (Lipinski definition) is 5. The van der Waals surface area contributed by atoms with Crippen molar-refractivity contribution < 1.29 is 14.4 Å². The number of thiophene rings is 1. The second kappa shape index (κ2) is 8.18. The smallest absolute Gasteiger partial charge is 0.254 e. The highest BCUT2D eigenvalue weighted by Gasteiger charge is 2.30. The van der Waals surface area contributed by atoms with Crippen LogP contribution in [-0.4, -0.2) is 41.7 Å². The lowest BCUT2D eigenvalue weighted by molar-refractivity contribution is 0.0636. The maximum Gasteiger partial charge on any atom is 0.254 e. The first-order valence-electron chi connectivity index (χ1n) is 8.57. The van der Waals surface area contributed by atoms with Gasteiger partial charge in [0.1, 0.15) is 0 Å². The van der Waals surface area contributed by atoms with E-state index in [1.807, 2.05) is 30.5 Å². The summed E-state index contributed by atoms with van der Waals surface area (Å²) < 4.78 is 0. The van der Waals surface area contributed by atoms with Crippen molar-refractivity contribution in [1.82, 2.24) is 4.90 Å². The summed E-state index contributed by atoms with van der Waals surface area (Å²) in [4.78, 5) is 40.5. The maximum absolute atomic E-state index is 13.0. The van der Waals surface area contributed by atoms with Crippen molar-refractivity contribution in [3.63, 3.8) is 0 Å². The van der Waals surface area contributed by atoms with E-state index in [1.165, 1.54) is 18.3 Å². The summed E-state index contributed by atoms with van der Waals surface area (Å²) in [6.07, 6.45) is 3.58. The molecule has 6 heteroatoms. The van der Waals surface area contributed by atoms with Crippen LogP contribution < -0.4 is 0 Å². The molecule has 1 saturated heterocycles. The SMILES string of the molecule is CSc1ccccc1C(=O)C1CCCN(C(=O)c2csc(C(C)=O)c2)C1. The number of carbonyl (C=O) groups excluding carboxylic acids is 3. The lowest BCUT2D eigenvalue weighted by atomic mass is 9.89. The molecule has 2 heterocycles. The number of amides is 1. The Balaban J connectivity index is 1.75. The van der Waals surface area contributed by atoms with E-state index in [0.29, 0.717) is 23.5 Å². The third kappa shape index (κ3) is 3.91. The van der Waals surface area contributed by atoms with Crippen molar-refractivity contribution in [1.29, 1.82) is 0 Å². The van der Waals surface area contributed by atoms with Gasteiger partial charge in [0.15, 0.2) is 11.6 Å². The van der Waals surface area contributed by atoms with E-state index in [0.717, 1.165) is 23.3 Å². The van der Waals surface area contributed by atoms with E-state index in [1.54, 1.807) is 28.1 Å². The predicted octanol–water partition coefficient (Wildman–Crippen LogP) is 4.41. The molecule has 1 aliphatic heterocycles. The molecule has 0 aliphatic carbocycles. The number of thioether (sulfide) groups is 1. The quantitative estimate of drug-likeness (QED) is 0.563.